The molecule has 0 bridgehead atoms. The minimum absolute atomic E-state index is 0.199. The van der Waals surface area contributed by atoms with Gasteiger partial charge < -0.3 is 14.6 Å². The number of aliphatic hydroxyl groups excluding tert-OH is 1. The van der Waals surface area contributed by atoms with Gasteiger partial charge >= 0.3 is 0 Å². The van der Waals surface area contributed by atoms with Gasteiger partial charge in [-0.25, -0.2) is 0 Å². The molecule has 0 aromatic rings. The van der Waals surface area contributed by atoms with E-state index in [0.717, 1.165) is 31.3 Å². The van der Waals surface area contributed by atoms with Crippen molar-refractivity contribution < 1.29 is 14.6 Å². The van der Waals surface area contributed by atoms with Gasteiger partial charge in [-0.2, -0.15) is 0 Å². The summed E-state index contributed by atoms with van der Waals surface area (Å²) in [7, 11) is 0. The maximum atomic E-state index is 10.8. The first-order chi connectivity index (χ1) is 10.5. The summed E-state index contributed by atoms with van der Waals surface area (Å²) < 4.78 is 12.3. The van der Waals surface area contributed by atoms with Crippen molar-refractivity contribution in [2.75, 3.05) is 13.2 Å². The number of ether oxygens (including phenoxy) is 2. The molecule has 0 amide bonds. The molecule has 1 aliphatic heterocycles. The summed E-state index contributed by atoms with van der Waals surface area (Å²) in [6.07, 6.45) is 8.93. The van der Waals surface area contributed by atoms with Gasteiger partial charge in [-0.1, -0.05) is 18.1 Å². The zero-order valence-corrected chi connectivity index (χ0v) is 13.9. The molecule has 1 spiro atoms. The van der Waals surface area contributed by atoms with Crippen LogP contribution in [0.3, 0.4) is 0 Å². The summed E-state index contributed by atoms with van der Waals surface area (Å²) in [5.41, 5.74) is 1.25. The van der Waals surface area contributed by atoms with Crippen LogP contribution in [0.5, 0.6) is 0 Å². The Bertz CT molecular complexity index is 438. The second-order valence-electron chi connectivity index (χ2n) is 7.63. The molecule has 3 nitrogen and oxygen atoms in total. The normalized spacial score (nSPS) is 37.9. The van der Waals surface area contributed by atoms with Gasteiger partial charge in [0.2, 0.25) is 0 Å². The molecule has 124 valence electrons. The molecule has 1 saturated heterocycles. The Labute approximate surface area is 134 Å². The van der Waals surface area contributed by atoms with Crippen LogP contribution in [0, 0.1) is 17.3 Å². The largest absolute Gasteiger partial charge is 0.392 e. The predicted molar refractivity (Wildman–Crippen MR) is 87.4 cm³/mol. The lowest BCUT2D eigenvalue weighted by Crippen LogP contribution is -2.51. The molecule has 3 rings (SSSR count). The fourth-order valence-corrected chi connectivity index (χ4v) is 5.45. The number of hydrogen-bond acceptors (Lipinski definition) is 3. The van der Waals surface area contributed by atoms with E-state index in [1.54, 1.807) is 0 Å². The molecule has 2 aliphatic carbocycles. The standard InChI is InChI=1S/C19H30O3/c1-4-7-18-8-5-6-15(16(20)13-14(2)3)17(18)19(10-9-18)21-11-12-22-19/h4,15-17,20H,1-2,5-13H2,3H3/t15?,16-,17?,18?/m1/s1. The minimum atomic E-state index is -0.454. The maximum absolute atomic E-state index is 10.8. The van der Waals surface area contributed by atoms with Gasteiger partial charge in [-0.3, -0.25) is 0 Å². The molecule has 0 aromatic heterocycles. The third-order valence-electron chi connectivity index (χ3n) is 6.12. The van der Waals surface area contributed by atoms with Crippen molar-refractivity contribution in [2.24, 2.45) is 17.3 Å². The summed E-state index contributed by atoms with van der Waals surface area (Å²) >= 11 is 0. The van der Waals surface area contributed by atoms with Crippen molar-refractivity contribution in [1.82, 2.24) is 0 Å². The number of fused-ring (bicyclic) bond motifs is 2. The Morgan fingerprint density at radius 2 is 2.05 bits per heavy atom. The van der Waals surface area contributed by atoms with Crippen molar-refractivity contribution in [3.63, 3.8) is 0 Å². The first kappa shape index (κ1) is 16.2. The molecule has 3 heteroatoms. The highest BCUT2D eigenvalue weighted by Crippen LogP contribution is 2.63. The highest BCUT2D eigenvalue weighted by molar-refractivity contribution is 5.11. The Morgan fingerprint density at radius 1 is 1.32 bits per heavy atom. The van der Waals surface area contributed by atoms with Crippen LogP contribution in [0.15, 0.2) is 24.8 Å². The molecular weight excluding hydrogens is 276 g/mol. The lowest BCUT2D eigenvalue weighted by Gasteiger charge is -2.49. The van der Waals surface area contributed by atoms with Crippen LogP contribution >= 0.6 is 0 Å². The third kappa shape index (κ3) is 2.57. The lowest BCUT2D eigenvalue weighted by molar-refractivity contribution is -0.223. The number of aliphatic hydroxyl groups is 1. The van der Waals surface area contributed by atoms with E-state index >= 15 is 0 Å². The number of rotatable bonds is 5. The van der Waals surface area contributed by atoms with Crippen molar-refractivity contribution in [3.05, 3.63) is 24.8 Å². The van der Waals surface area contributed by atoms with Gasteiger partial charge in [0, 0.05) is 12.3 Å². The van der Waals surface area contributed by atoms with E-state index in [0.29, 0.717) is 19.6 Å². The first-order valence-electron chi connectivity index (χ1n) is 8.74. The number of hydrogen-bond donors (Lipinski definition) is 1. The van der Waals surface area contributed by atoms with Gasteiger partial charge in [0.1, 0.15) is 0 Å². The average molecular weight is 306 g/mol. The maximum Gasteiger partial charge on any atom is 0.172 e. The Kier molecular flexibility index (Phi) is 4.50. The minimum Gasteiger partial charge on any atom is -0.392 e. The van der Waals surface area contributed by atoms with Gasteiger partial charge in [0.05, 0.1) is 19.3 Å². The Hall–Kier alpha value is -0.640. The van der Waals surface area contributed by atoms with Gasteiger partial charge in [-0.05, 0) is 50.4 Å². The second kappa shape index (κ2) is 6.10. The van der Waals surface area contributed by atoms with Crippen LogP contribution in [0.4, 0.5) is 0 Å². The van der Waals surface area contributed by atoms with Crippen LogP contribution in [0.2, 0.25) is 0 Å². The zero-order valence-electron chi connectivity index (χ0n) is 13.9. The van der Waals surface area contributed by atoms with Crippen LogP contribution in [0.25, 0.3) is 0 Å². The van der Waals surface area contributed by atoms with Crippen LogP contribution < -0.4 is 0 Å². The Morgan fingerprint density at radius 3 is 2.68 bits per heavy atom. The SMILES string of the molecule is C=CCC12CCCC([C@H](O)CC(=C)C)C1C1(CC2)OCCO1. The van der Waals surface area contributed by atoms with Crippen LogP contribution in [0.1, 0.15) is 51.9 Å². The van der Waals surface area contributed by atoms with Crippen LogP contribution in [-0.4, -0.2) is 30.2 Å². The van der Waals surface area contributed by atoms with Crippen LogP contribution in [-0.2, 0) is 9.47 Å². The smallest absolute Gasteiger partial charge is 0.172 e. The second-order valence-corrected chi connectivity index (χ2v) is 7.63. The molecule has 4 atom stereocenters. The summed E-state index contributed by atoms with van der Waals surface area (Å²) in [5, 5.41) is 10.8. The van der Waals surface area contributed by atoms with E-state index in [1.807, 2.05) is 6.92 Å². The van der Waals surface area contributed by atoms with Crippen molar-refractivity contribution in [1.29, 1.82) is 0 Å². The summed E-state index contributed by atoms with van der Waals surface area (Å²) in [6, 6.07) is 0. The Balaban J connectivity index is 1.92. The molecule has 1 heterocycles. The fourth-order valence-electron chi connectivity index (χ4n) is 5.45. The summed E-state index contributed by atoms with van der Waals surface area (Å²) in [6.45, 7) is 11.3. The molecule has 22 heavy (non-hydrogen) atoms. The van der Waals surface area contributed by atoms with Gasteiger partial charge in [-0.15, -0.1) is 13.2 Å². The highest BCUT2D eigenvalue weighted by Gasteiger charge is 2.63. The summed E-state index contributed by atoms with van der Waals surface area (Å²) in [4.78, 5) is 0. The van der Waals surface area contributed by atoms with Gasteiger partial charge in [0.25, 0.3) is 0 Å². The van der Waals surface area contributed by atoms with Crippen molar-refractivity contribution in [2.45, 2.75) is 63.8 Å². The molecule has 3 fully saturated rings. The molecule has 3 unspecified atom stereocenters. The molecule has 0 aromatic carbocycles. The van der Waals surface area contributed by atoms with E-state index in [1.165, 1.54) is 12.8 Å². The van der Waals surface area contributed by atoms with E-state index in [-0.39, 0.29) is 23.4 Å². The average Bonchev–Trinajstić information content (AvgIpc) is 3.06. The zero-order chi connectivity index (χ0) is 15.8. The van der Waals surface area contributed by atoms with E-state index in [4.69, 9.17) is 9.47 Å². The fraction of sp³-hybridized carbons (Fsp3) is 0.789. The molecule has 0 radical (unpaired) electrons. The molecule has 2 saturated carbocycles. The quantitative estimate of drug-likeness (QED) is 0.785. The summed E-state index contributed by atoms with van der Waals surface area (Å²) in [5.74, 6) is 0.0686. The molecule has 1 N–H and O–H groups in total. The highest BCUT2D eigenvalue weighted by atomic mass is 16.7. The number of allylic oxidation sites excluding steroid dienone is 1. The lowest BCUT2D eigenvalue weighted by atomic mass is 9.59. The first-order valence-corrected chi connectivity index (χ1v) is 8.74. The third-order valence-corrected chi connectivity index (χ3v) is 6.12. The van der Waals surface area contributed by atoms with E-state index < -0.39 is 5.79 Å². The molecule has 3 aliphatic rings. The monoisotopic (exact) mass is 306 g/mol. The molecular formula is C19H30O3. The predicted octanol–water partition coefficient (Wildman–Crippen LogP) is 3.83. The topological polar surface area (TPSA) is 38.7 Å². The van der Waals surface area contributed by atoms with Crippen molar-refractivity contribution in [3.8, 4) is 0 Å². The van der Waals surface area contributed by atoms with E-state index in [2.05, 4.69) is 19.2 Å². The van der Waals surface area contributed by atoms with Gasteiger partial charge in [0.15, 0.2) is 5.79 Å². The van der Waals surface area contributed by atoms with E-state index in [9.17, 15) is 5.11 Å². The van der Waals surface area contributed by atoms with Crippen molar-refractivity contribution >= 4 is 0 Å².